The standard InChI is InChI=1S/C36H31N3O5S/c1-24-32(34(40)38-27-16-7-4-8-17-27)33(25-13-5-3-6-14-25)39-35(41)31(45-36(39)37-24)23-26-15-9-10-18-28(26)43-21-22-44-30-20-12-11-19-29(30)42-2/h3-20,23,33H,21-22H2,1-2H3,(H,38,40)/b31-23-/t33-/m0/s1. The van der Waals surface area contributed by atoms with E-state index in [0.717, 1.165) is 11.1 Å². The lowest BCUT2D eigenvalue weighted by atomic mass is 9.95. The molecule has 0 fully saturated rings. The van der Waals surface area contributed by atoms with Crippen LogP contribution in [0, 0.1) is 0 Å². The van der Waals surface area contributed by atoms with Crippen LogP contribution in [0.1, 0.15) is 24.1 Å². The number of para-hydroxylation sites is 4. The number of thiazole rings is 1. The van der Waals surface area contributed by atoms with E-state index in [0.29, 0.717) is 50.1 Å². The maximum Gasteiger partial charge on any atom is 0.271 e. The molecule has 0 saturated heterocycles. The number of carbonyl (C=O) groups excluding carboxylic acids is 1. The van der Waals surface area contributed by atoms with Gasteiger partial charge in [-0.1, -0.05) is 90.2 Å². The van der Waals surface area contributed by atoms with E-state index in [1.165, 1.54) is 11.3 Å². The zero-order chi connectivity index (χ0) is 31.2. The molecule has 0 aliphatic carbocycles. The Labute approximate surface area is 264 Å². The average Bonchev–Trinajstić information content (AvgIpc) is 3.37. The molecule has 1 aliphatic heterocycles. The molecule has 1 atom stereocenters. The van der Waals surface area contributed by atoms with E-state index in [4.69, 9.17) is 19.2 Å². The van der Waals surface area contributed by atoms with E-state index in [-0.39, 0.29) is 18.1 Å². The fourth-order valence-electron chi connectivity index (χ4n) is 5.20. The number of rotatable bonds is 10. The Morgan fingerprint density at radius 1 is 0.844 bits per heavy atom. The van der Waals surface area contributed by atoms with Crippen molar-refractivity contribution in [2.75, 3.05) is 25.6 Å². The van der Waals surface area contributed by atoms with Gasteiger partial charge in [-0.2, -0.15) is 0 Å². The van der Waals surface area contributed by atoms with Gasteiger partial charge in [-0.05, 0) is 48.9 Å². The maximum atomic E-state index is 14.1. The fourth-order valence-corrected chi connectivity index (χ4v) is 6.23. The third-order valence-corrected chi connectivity index (χ3v) is 8.27. The van der Waals surface area contributed by atoms with Crippen LogP contribution in [-0.4, -0.2) is 30.8 Å². The Hall–Kier alpha value is -5.41. The molecule has 2 heterocycles. The number of nitrogens with one attached hydrogen (secondary N) is 1. The Morgan fingerprint density at radius 3 is 2.16 bits per heavy atom. The van der Waals surface area contributed by atoms with Gasteiger partial charge in [0.25, 0.3) is 11.5 Å². The van der Waals surface area contributed by atoms with Crippen molar-refractivity contribution in [1.29, 1.82) is 0 Å². The Kier molecular flexibility index (Phi) is 8.89. The van der Waals surface area contributed by atoms with Crippen molar-refractivity contribution >= 4 is 29.0 Å². The van der Waals surface area contributed by atoms with Crippen molar-refractivity contribution in [3.63, 3.8) is 0 Å². The van der Waals surface area contributed by atoms with Crippen molar-refractivity contribution in [2.45, 2.75) is 13.0 Å². The molecule has 226 valence electrons. The molecule has 45 heavy (non-hydrogen) atoms. The average molecular weight is 618 g/mol. The summed E-state index contributed by atoms with van der Waals surface area (Å²) in [7, 11) is 1.60. The molecular formula is C36H31N3O5S. The molecule has 1 aliphatic rings. The summed E-state index contributed by atoms with van der Waals surface area (Å²) in [5.74, 6) is 1.60. The van der Waals surface area contributed by atoms with Crippen LogP contribution in [-0.2, 0) is 4.79 Å². The van der Waals surface area contributed by atoms with Crippen molar-refractivity contribution in [3.05, 3.63) is 151 Å². The Balaban J connectivity index is 1.31. The number of carbonyl (C=O) groups is 1. The van der Waals surface area contributed by atoms with Gasteiger partial charge in [0.1, 0.15) is 19.0 Å². The summed E-state index contributed by atoms with van der Waals surface area (Å²) in [6.45, 7) is 2.40. The van der Waals surface area contributed by atoms with Gasteiger partial charge in [-0.3, -0.25) is 14.2 Å². The molecule has 0 bridgehead atoms. The van der Waals surface area contributed by atoms with Gasteiger partial charge in [0.15, 0.2) is 16.3 Å². The quantitative estimate of drug-likeness (QED) is 0.214. The lowest BCUT2D eigenvalue weighted by Crippen LogP contribution is -2.40. The number of benzene rings is 4. The van der Waals surface area contributed by atoms with E-state index < -0.39 is 6.04 Å². The van der Waals surface area contributed by atoms with Gasteiger partial charge < -0.3 is 19.5 Å². The third kappa shape index (κ3) is 6.44. The second-order valence-corrected chi connectivity index (χ2v) is 11.2. The summed E-state index contributed by atoms with van der Waals surface area (Å²) in [5, 5.41) is 2.98. The van der Waals surface area contributed by atoms with Gasteiger partial charge >= 0.3 is 0 Å². The summed E-state index contributed by atoms with van der Waals surface area (Å²) in [6, 6.07) is 33.1. The predicted molar refractivity (Wildman–Crippen MR) is 176 cm³/mol. The van der Waals surface area contributed by atoms with Crippen molar-refractivity contribution in [3.8, 4) is 17.2 Å². The number of aromatic nitrogens is 1. The SMILES string of the molecule is COc1ccccc1OCCOc1ccccc1/C=c1\sc2n(c1=O)[C@@H](c1ccccc1)C(C(=O)Nc1ccccc1)=C(C)N=2. The molecule has 0 radical (unpaired) electrons. The van der Waals surface area contributed by atoms with E-state index in [1.54, 1.807) is 11.7 Å². The topological polar surface area (TPSA) is 91.2 Å². The first-order chi connectivity index (χ1) is 22.0. The first-order valence-corrected chi connectivity index (χ1v) is 15.3. The molecule has 1 N–H and O–H groups in total. The zero-order valence-electron chi connectivity index (χ0n) is 24.8. The molecule has 8 nitrogen and oxygen atoms in total. The molecule has 5 aromatic rings. The van der Waals surface area contributed by atoms with Crippen LogP contribution in [0.25, 0.3) is 6.08 Å². The zero-order valence-corrected chi connectivity index (χ0v) is 25.6. The number of fused-ring (bicyclic) bond motifs is 1. The van der Waals surface area contributed by atoms with Crippen molar-refractivity contribution < 1.29 is 19.0 Å². The number of amides is 1. The highest BCUT2D eigenvalue weighted by molar-refractivity contribution is 7.07. The molecule has 0 spiro atoms. The van der Waals surface area contributed by atoms with Crippen LogP contribution in [0.5, 0.6) is 17.2 Å². The first kappa shape index (κ1) is 29.7. The number of anilines is 1. The van der Waals surface area contributed by atoms with Crippen LogP contribution in [0.3, 0.4) is 0 Å². The highest BCUT2D eigenvalue weighted by Gasteiger charge is 2.32. The smallest absolute Gasteiger partial charge is 0.271 e. The first-order valence-electron chi connectivity index (χ1n) is 14.4. The summed E-state index contributed by atoms with van der Waals surface area (Å²) in [6.07, 6.45) is 1.81. The lowest BCUT2D eigenvalue weighted by Gasteiger charge is -2.25. The number of allylic oxidation sites excluding steroid dienone is 1. The van der Waals surface area contributed by atoms with Crippen LogP contribution in [0.4, 0.5) is 5.69 Å². The number of ether oxygens (including phenoxy) is 3. The molecule has 1 amide bonds. The van der Waals surface area contributed by atoms with Crippen LogP contribution < -0.4 is 34.4 Å². The fraction of sp³-hybridized carbons (Fsp3) is 0.139. The minimum Gasteiger partial charge on any atom is -0.493 e. The summed E-state index contributed by atoms with van der Waals surface area (Å²) in [4.78, 5) is 33.0. The van der Waals surface area contributed by atoms with E-state index >= 15 is 0 Å². The van der Waals surface area contributed by atoms with E-state index in [1.807, 2.05) is 122 Å². The number of hydrogen-bond donors (Lipinski definition) is 1. The molecule has 9 heteroatoms. The van der Waals surface area contributed by atoms with Crippen molar-refractivity contribution in [1.82, 2.24) is 4.57 Å². The van der Waals surface area contributed by atoms with Gasteiger partial charge in [-0.25, -0.2) is 4.99 Å². The summed E-state index contributed by atoms with van der Waals surface area (Å²) < 4.78 is 19.4. The molecule has 0 unspecified atom stereocenters. The maximum absolute atomic E-state index is 14.1. The largest absolute Gasteiger partial charge is 0.493 e. The van der Waals surface area contributed by atoms with Gasteiger partial charge in [0.05, 0.1) is 29.0 Å². The monoisotopic (exact) mass is 617 g/mol. The number of hydrogen-bond acceptors (Lipinski definition) is 7. The molecule has 1 aromatic heterocycles. The molecule has 0 saturated carbocycles. The lowest BCUT2D eigenvalue weighted by molar-refractivity contribution is -0.113. The van der Waals surface area contributed by atoms with Gasteiger partial charge in [0, 0.05) is 11.3 Å². The third-order valence-electron chi connectivity index (χ3n) is 7.29. The second kappa shape index (κ2) is 13.5. The predicted octanol–water partition coefficient (Wildman–Crippen LogP) is 5.34. The summed E-state index contributed by atoms with van der Waals surface area (Å²) >= 11 is 1.28. The Morgan fingerprint density at radius 2 is 1.44 bits per heavy atom. The number of nitrogens with zero attached hydrogens (tertiary/aromatic N) is 2. The normalized spacial score (nSPS) is 14.4. The van der Waals surface area contributed by atoms with Gasteiger partial charge in [-0.15, -0.1) is 0 Å². The van der Waals surface area contributed by atoms with E-state index in [9.17, 15) is 9.59 Å². The minimum atomic E-state index is -0.646. The van der Waals surface area contributed by atoms with Gasteiger partial charge in [0.2, 0.25) is 0 Å². The van der Waals surface area contributed by atoms with Crippen LogP contribution >= 0.6 is 11.3 Å². The second-order valence-electron chi connectivity index (χ2n) is 10.2. The minimum absolute atomic E-state index is 0.237. The van der Waals surface area contributed by atoms with Crippen LogP contribution in [0.15, 0.2) is 130 Å². The van der Waals surface area contributed by atoms with E-state index in [2.05, 4.69) is 5.32 Å². The molecule has 4 aromatic carbocycles. The van der Waals surface area contributed by atoms with Crippen molar-refractivity contribution in [2.24, 2.45) is 4.99 Å². The highest BCUT2D eigenvalue weighted by atomic mass is 32.1. The Bertz CT molecular complexity index is 2030. The number of methoxy groups -OCH3 is 1. The molecule has 6 rings (SSSR count). The summed E-state index contributed by atoms with van der Waals surface area (Å²) in [5.41, 5.74) is 2.97. The molecular weight excluding hydrogens is 586 g/mol. The van der Waals surface area contributed by atoms with Crippen LogP contribution in [0.2, 0.25) is 0 Å². The highest BCUT2D eigenvalue weighted by Crippen LogP contribution is 2.31.